The molecule has 92 valence electrons. The smallest absolute Gasteiger partial charge is 0.224 e. The number of hydrogen-bond acceptors (Lipinski definition) is 5. The summed E-state index contributed by atoms with van der Waals surface area (Å²) < 4.78 is 24.0. The van der Waals surface area contributed by atoms with Crippen molar-refractivity contribution in [2.75, 3.05) is 12.5 Å². The number of rotatable bonds is 4. The standard InChI is InChI=1S/C10H10BrNO3S2/c1-16-10-8(11)3-7(5-12-6-13)4-9(10)17(2,14)15/h3-4H,5H2,1-2H3. The molecule has 0 atom stereocenters. The van der Waals surface area contributed by atoms with Crippen LogP contribution in [0.15, 0.2) is 31.4 Å². The second kappa shape index (κ2) is 5.82. The molecule has 4 nitrogen and oxygen atoms in total. The van der Waals surface area contributed by atoms with E-state index in [4.69, 9.17) is 0 Å². The van der Waals surface area contributed by atoms with E-state index in [0.717, 1.165) is 6.26 Å². The van der Waals surface area contributed by atoms with E-state index in [2.05, 4.69) is 20.9 Å². The summed E-state index contributed by atoms with van der Waals surface area (Å²) in [6.07, 6.45) is 4.39. The highest BCUT2D eigenvalue weighted by Crippen LogP contribution is 2.33. The molecule has 0 aliphatic heterocycles. The Morgan fingerprint density at radius 2 is 2.12 bits per heavy atom. The van der Waals surface area contributed by atoms with Gasteiger partial charge in [-0.25, -0.2) is 18.2 Å². The van der Waals surface area contributed by atoms with Crippen LogP contribution in [-0.2, 0) is 21.2 Å². The van der Waals surface area contributed by atoms with Crippen LogP contribution in [0.5, 0.6) is 0 Å². The molecule has 0 fully saturated rings. The summed E-state index contributed by atoms with van der Waals surface area (Å²) in [5, 5.41) is 0. The molecule has 0 aliphatic carbocycles. The van der Waals surface area contributed by atoms with Crippen molar-refractivity contribution in [1.82, 2.24) is 0 Å². The molecule has 1 aromatic rings. The maximum Gasteiger partial charge on any atom is 0.235 e. The summed E-state index contributed by atoms with van der Waals surface area (Å²) in [6, 6.07) is 3.29. The summed E-state index contributed by atoms with van der Waals surface area (Å²) in [6.45, 7) is 0.124. The molecule has 0 radical (unpaired) electrons. The van der Waals surface area contributed by atoms with Gasteiger partial charge in [0.2, 0.25) is 6.08 Å². The lowest BCUT2D eigenvalue weighted by Crippen LogP contribution is -2.01. The molecule has 0 unspecified atom stereocenters. The van der Waals surface area contributed by atoms with Crippen molar-refractivity contribution in [2.45, 2.75) is 16.3 Å². The van der Waals surface area contributed by atoms with Crippen molar-refractivity contribution in [3.8, 4) is 0 Å². The topological polar surface area (TPSA) is 63.6 Å². The lowest BCUT2D eigenvalue weighted by Gasteiger charge is -2.09. The van der Waals surface area contributed by atoms with Crippen LogP contribution >= 0.6 is 27.7 Å². The van der Waals surface area contributed by atoms with Crippen LogP contribution in [0.2, 0.25) is 0 Å². The van der Waals surface area contributed by atoms with Gasteiger partial charge in [-0.2, -0.15) is 0 Å². The first-order valence-electron chi connectivity index (χ1n) is 4.50. The van der Waals surface area contributed by atoms with Crippen molar-refractivity contribution >= 4 is 43.6 Å². The zero-order valence-corrected chi connectivity index (χ0v) is 12.4. The predicted molar refractivity (Wildman–Crippen MR) is 70.9 cm³/mol. The second-order valence-corrected chi connectivity index (χ2v) is 6.94. The fourth-order valence-electron chi connectivity index (χ4n) is 1.31. The van der Waals surface area contributed by atoms with E-state index in [1.165, 1.54) is 23.9 Å². The molecule has 17 heavy (non-hydrogen) atoms. The van der Waals surface area contributed by atoms with E-state index >= 15 is 0 Å². The molecule has 0 saturated heterocycles. The first-order valence-corrected chi connectivity index (χ1v) is 8.41. The zero-order chi connectivity index (χ0) is 13.1. The van der Waals surface area contributed by atoms with Crippen LogP contribution in [-0.4, -0.2) is 27.0 Å². The fourth-order valence-corrected chi connectivity index (χ4v) is 4.46. The first-order chi connectivity index (χ1) is 7.90. The van der Waals surface area contributed by atoms with Gasteiger partial charge in [0.05, 0.1) is 11.4 Å². The van der Waals surface area contributed by atoms with Gasteiger partial charge < -0.3 is 0 Å². The first kappa shape index (κ1) is 14.4. The normalized spacial score (nSPS) is 11.0. The molecule has 0 bridgehead atoms. The molecule has 0 N–H and O–H groups in total. The van der Waals surface area contributed by atoms with Gasteiger partial charge in [0, 0.05) is 15.6 Å². The summed E-state index contributed by atoms with van der Waals surface area (Å²) in [5.74, 6) is 0. The number of halogens is 1. The van der Waals surface area contributed by atoms with Crippen LogP contribution in [0, 0.1) is 0 Å². The van der Waals surface area contributed by atoms with Crippen LogP contribution in [0.4, 0.5) is 0 Å². The highest BCUT2D eigenvalue weighted by atomic mass is 79.9. The Bertz CT molecular complexity index is 577. The van der Waals surface area contributed by atoms with Crippen molar-refractivity contribution in [3.05, 3.63) is 22.2 Å². The molecular weight excluding hydrogens is 326 g/mol. The fraction of sp³-hybridized carbons (Fsp3) is 0.300. The minimum atomic E-state index is -3.31. The van der Waals surface area contributed by atoms with E-state index in [0.29, 0.717) is 14.9 Å². The number of aliphatic imine (C=N–C) groups is 1. The molecule has 0 aromatic heterocycles. The van der Waals surface area contributed by atoms with Gasteiger partial charge in [0.25, 0.3) is 0 Å². The van der Waals surface area contributed by atoms with Gasteiger partial charge in [0.1, 0.15) is 0 Å². The Hall–Kier alpha value is -0.620. The van der Waals surface area contributed by atoms with E-state index in [-0.39, 0.29) is 11.4 Å². The van der Waals surface area contributed by atoms with Gasteiger partial charge in [-0.05, 0) is 39.9 Å². The Kier molecular flexibility index (Phi) is 4.94. The van der Waals surface area contributed by atoms with Crippen LogP contribution < -0.4 is 0 Å². The third kappa shape index (κ3) is 3.67. The maximum absolute atomic E-state index is 11.6. The van der Waals surface area contributed by atoms with E-state index < -0.39 is 9.84 Å². The van der Waals surface area contributed by atoms with E-state index in [9.17, 15) is 13.2 Å². The number of isocyanates is 1. The van der Waals surface area contributed by atoms with E-state index in [1.807, 2.05) is 0 Å². The highest BCUT2D eigenvalue weighted by Gasteiger charge is 2.16. The van der Waals surface area contributed by atoms with Crippen molar-refractivity contribution < 1.29 is 13.2 Å². The number of thioether (sulfide) groups is 1. The largest absolute Gasteiger partial charge is 0.235 e. The Balaban J connectivity index is 3.44. The van der Waals surface area contributed by atoms with E-state index in [1.54, 1.807) is 12.3 Å². The van der Waals surface area contributed by atoms with Crippen LogP contribution in [0.3, 0.4) is 0 Å². The van der Waals surface area contributed by atoms with Crippen LogP contribution in [0.1, 0.15) is 5.56 Å². The van der Waals surface area contributed by atoms with Gasteiger partial charge in [0.15, 0.2) is 9.84 Å². The Morgan fingerprint density at radius 3 is 2.59 bits per heavy atom. The summed E-state index contributed by atoms with van der Waals surface area (Å²) in [5.41, 5.74) is 0.651. The second-order valence-electron chi connectivity index (χ2n) is 3.29. The average Bonchev–Trinajstić information content (AvgIpc) is 2.24. The molecule has 0 heterocycles. The van der Waals surface area contributed by atoms with Crippen molar-refractivity contribution in [2.24, 2.45) is 4.99 Å². The lowest BCUT2D eigenvalue weighted by atomic mass is 10.2. The van der Waals surface area contributed by atoms with Gasteiger partial charge in [-0.1, -0.05) is 0 Å². The third-order valence-corrected chi connectivity index (χ3v) is 4.99. The quantitative estimate of drug-likeness (QED) is 0.481. The lowest BCUT2D eigenvalue weighted by molar-refractivity contribution is 0.562. The van der Waals surface area contributed by atoms with Gasteiger partial charge in [-0.15, -0.1) is 11.8 Å². The summed E-state index contributed by atoms with van der Waals surface area (Å²) in [4.78, 5) is 14.4. The third-order valence-electron chi connectivity index (χ3n) is 2.00. The minimum Gasteiger partial charge on any atom is -0.224 e. The van der Waals surface area contributed by atoms with Gasteiger partial charge >= 0.3 is 0 Å². The molecular formula is C10H10BrNO3S2. The average molecular weight is 336 g/mol. The Labute approximate surface area is 113 Å². The summed E-state index contributed by atoms with van der Waals surface area (Å²) >= 11 is 4.66. The monoisotopic (exact) mass is 335 g/mol. The molecule has 0 amide bonds. The van der Waals surface area contributed by atoms with Crippen LogP contribution in [0.25, 0.3) is 0 Å². The number of sulfone groups is 1. The van der Waals surface area contributed by atoms with Crippen molar-refractivity contribution in [3.63, 3.8) is 0 Å². The predicted octanol–water partition coefficient (Wildman–Crippen LogP) is 2.41. The molecule has 1 rings (SSSR count). The molecule has 0 spiro atoms. The molecule has 0 saturated carbocycles. The minimum absolute atomic E-state index is 0.124. The van der Waals surface area contributed by atoms with Crippen molar-refractivity contribution in [1.29, 1.82) is 0 Å². The number of benzene rings is 1. The molecule has 7 heteroatoms. The number of nitrogens with zero attached hydrogens (tertiary/aromatic N) is 1. The maximum atomic E-state index is 11.6. The Morgan fingerprint density at radius 1 is 1.47 bits per heavy atom. The highest BCUT2D eigenvalue weighted by molar-refractivity contribution is 9.10. The number of hydrogen-bond donors (Lipinski definition) is 0. The van der Waals surface area contributed by atoms with Gasteiger partial charge in [-0.3, -0.25) is 0 Å². The number of carbonyl (C=O) groups excluding carboxylic acids is 1. The molecule has 1 aromatic carbocycles. The summed E-state index contributed by atoms with van der Waals surface area (Å²) in [7, 11) is -3.31. The SMILES string of the molecule is CSc1c(Br)cc(CN=C=O)cc1S(C)(=O)=O. The molecule has 0 aliphatic rings. The zero-order valence-electron chi connectivity index (χ0n) is 9.23.